The second-order valence-corrected chi connectivity index (χ2v) is 14.1. The lowest BCUT2D eigenvalue weighted by Crippen LogP contribution is -2.62. The van der Waals surface area contributed by atoms with Gasteiger partial charge in [-0.25, -0.2) is 4.79 Å². The van der Waals surface area contributed by atoms with Gasteiger partial charge in [-0.1, -0.05) is 27.7 Å². The lowest BCUT2D eigenvalue weighted by atomic mass is 10.0. The molecule has 0 rings (SSSR count). The molecule has 0 radical (unpaired) electrons. The zero-order valence-electron chi connectivity index (χ0n) is 32.1. The number of hydrogen-bond donors (Lipinski definition) is 12. The normalized spacial score (nSPS) is 15.5. The molecule has 0 aromatic heterocycles. The van der Waals surface area contributed by atoms with Crippen molar-refractivity contribution in [1.82, 2.24) is 31.9 Å². The second-order valence-electron chi connectivity index (χ2n) is 13.6. The highest BCUT2D eigenvalue weighted by Gasteiger charge is 2.36. The van der Waals surface area contributed by atoms with Crippen molar-refractivity contribution in [1.29, 1.82) is 0 Å². The van der Waals surface area contributed by atoms with Gasteiger partial charge in [0.1, 0.15) is 30.2 Å². The molecule has 0 saturated carbocycles. The Balaban J connectivity index is 6.29. The zero-order valence-corrected chi connectivity index (χ0v) is 33.0. The van der Waals surface area contributed by atoms with Crippen LogP contribution in [0.4, 0.5) is 0 Å². The molecule has 0 unspecified atom stereocenters. The van der Waals surface area contributed by atoms with E-state index in [1.54, 1.807) is 13.8 Å². The fourth-order valence-corrected chi connectivity index (χ4v) is 5.02. The number of amides is 7. The van der Waals surface area contributed by atoms with Crippen molar-refractivity contribution in [3.05, 3.63) is 0 Å². The van der Waals surface area contributed by atoms with E-state index in [1.165, 1.54) is 20.8 Å². The maximum atomic E-state index is 13.7. The summed E-state index contributed by atoms with van der Waals surface area (Å²) in [5.41, 5.74) is 16.8. The van der Waals surface area contributed by atoms with Crippen LogP contribution in [-0.2, 0) is 47.9 Å². The molecule has 14 N–H and O–H groups in total. The van der Waals surface area contributed by atoms with E-state index in [4.69, 9.17) is 17.2 Å². The summed E-state index contributed by atoms with van der Waals surface area (Å²) in [6.07, 6.45) is -1.97. The van der Waals surface area contributed by atoms with Crippen molar-refractivity contribution >= 4 is 65.1 Å². The third kappa shape index (κ3) is 18.7. The molecule has 0 bridgehead atoms. The number of hydrogen-bond acceptors (Lipinski definition) is 14. The van der Waals surface area contributed by atoms with Crippen LogP contribution in [0.5, 0.6) is 0 Å². The monoisotopic (exact) mass is 805 g/mol. The molecule has 21 nitrogen and oxygen atoms in total. The van der Waals surface area contributed by atoms with E-state index in [2.05, 4.69) is 49.3 Å². The van der Waals surface area contributed by atoms with E-state index in [0.717, 1.165) is 7.11 Å². The fourth-order valence-electron chi connectivity index (χ4n) is 4.84. The fraction of sp³-hybridized carbons (Fsp3) is 0.727. The van der Waals surface area contributed by atoms with Gasteiger partial charge >= 0.3 is 5.97 Å². The number of unbranched alkanes of at least 4 members (excludes halogenated alkanes) is 1. The molecule has 0 aromatic carbocycles. The molecule has 0 fully saturated rings. The molecule has 22 heteroatoms. The predicted octanol–water partition coefficient (Wildman–Crippen LogP) is -4.68. The van der Waals surface area contributed by atoms with Crippen molar-refractivity contribution in [3.63, 3.8) is 0 Å². The molecule has 7 amide bonds. The van der Waals surface area contributed by atoms with Crippen molar-refractivity contribution in [3.8, 4) is 0 Å². The van der Waals surface area contributed by atoms with Crippen LogP contribution in [0.3, 0.4) is 0 Å². The molecule has 0 aromatic rings. The van der Waals surface area contributed by atoms with E-state index in [-0.39, 0.29) is 31.7 Å². The number of aliphatic hydroxyl groups is 2. The number of nitrogens with two attached hydrogens (primary N) is 3. The van der Waals surface area contributed by atoms with Gasteiger partial charge in [-0.15, -0.1) is 12.6 Å². The molecular formula is C33H59N9O12S. The maximum Gasteiger partial charge on any atom is 0.330 e. The number of thiol groups is 1. The van der Waals surface area contributed by atoms with Crippen molar-refractivity contribution in [2.45, 2.75) is 122 Å². The van der Waals surface area contributed by atoms with Crippen LogP contribution in [0.1, 0.15) is 73.1 Å². The highest BCUT2D eigenvalue weighted by molar-refractivity contribution is 7.96. The minimum atomic E-state index is -1.67. The van der Waals surface area contributed by atoms with Crippen molar-refractivity contribution in [2.24, 2.45) is 29.0 Å². The number of aliphatic hydroxyl groups excluding tert-OH is 2. The lowest BCUT2D eigenvalue weighted by Gasteiger charge is -2.29. The molecule has 0 heterocycles. The molecule has 0 saturated heterocycles. The van der Waals surface area contributed by atoms with E-state index in [9.17, 15) is 53.4 Å². The maximum absolute atomic E-state index is 13.7. The van der Waals surface area contributed by atoms with Crippen LogP contribution in [0.25, 0.3) is 0 Å². The number of esters is 1. The summed E-state index contributed by atoms with van der Waals surface area (Å²) >= 11 is 3.73. The van der Waals surface area contributed by atoms with Crippen LogP contribution < -0.4 is 49.1 Å². The average molecular weight is 806 g/mol. The van der Waals surface area contributed by atoms with E-state index >= 15 is 0 Å². The molecule has 0 spiro atoms. The molecule has 0 aliphatic rings. The quantitative estimate of drug-likeness (QED) is 0.0222. The van der Waals surface area contributed by atoms with Gasteiger partial charge in [0.2, 0.25) is 41.4 Å². The van der Waals surface area contributed by atoms with Gasteiger partial charge in [0.25, 0.3) is 0 Å². The molecule has 0 aliphatic carbocycles. The van der Waals surface area contributed by atoms with Crippen LogP contribution >= 0.6 is 12.6 Å². The molecular weight excluding hydrogens is 746 g/mol. The number of carbonyl (C=O) groups is 9. The zero-order chi connectivity index (χ0) is 42.6. The minimum Gasteiger partial charge on any atom is -0.467 e. The Morgan fingerprint density at radius 3 is 1.58 bits per heavy atom. The first kappa shape index (κ1) is 50.6. The Labute approximate surface area is 325 Å². The molecule has 8 atom stereocenters. The van der Waals surface area contributed by atoms with Gasteiger partial charge in [-0.2, -0.15) is 0 Å². The van der Waals surface area contributed by atoms with Gasteiger partial charge in [-0.05, 0) is 51.0 Å². The Bertz CT molecular complexity index is 1350. The Hall–Kier alpha value is -4.38. The summed E-state index contributed by atoms with van der Waals surface area (Å²) in [6.45, 7) is 7.00. The first-order valence-electron chi connectivity index (χ1n) is 17.8. The van der Waals surface area contributed by atoms with Gasteiger partial charge in [0, 0.05) is 12.8 Å². The summed E-state index contributed by atoms with van der Waals surface area (Å²) < 4.78 is 4.50. The number of primary amides is 1. The number of rotatable bonds is 26. The smallest absolute Gasteiger partial charge is 0.330 e. The van der Waals surface area contributed by atoms with Crippen LogP contribution in [0, 0.1) is 11.8 Å². The van der Waals surface area contributed by atoms with Gasteiger partial charge < -0.3 is 64.1 Å². The minimum absolute atomic E-state index is 0.00708. The SMILES string of the molecule is COC(=O)[C@H](CO)NC(=O)[C@@H](NC(=O)[C@@H](NC(=O)[C@H](CC(=O)S)NC(=O)[C@H](CCCCN)NC(=O)[C@H](CCC(N)=O)NC(=O)[C@@H](N)C(C)C)C(C)C)[C@@H](C)O. The summed E-state index contributed by atoms with van der Waals surface area (Å²) in [4.78, 5) is 115. The number of nitrogens with one attached hydrogen (secondary N) is 6. The lowest BCUT2D eigenvalue weighted by molar-refractivity contribution is -0.147. The first-order chi connectivity index (χ1) is 25.6. The van der Waals surface area contributed by atoms with E-state index in [1.807, 2.05) is 0 Å². The highest BCUT2D eigenvalue weighted by Crippen LogP contribution is 2.10. The van der Waals surface area contributed by atoms with E-state index in [0.29, 0.717) is 12.8 Å². The van der Waals surface area contributed by atoms with Crippen LogP contribution in [0.2, 0.25) is 0 Å². The standard InChI is InChI=1S/C33H59N9O12S/c1-15(2)24(36)30(50)38-19(10-11-22(35)45)28(48)37-18(9-7-8-12-34)27(47)39-20(13-23(46)55)29(49)41-25(16(3)4)31(51)42-26(17(5)44)32(52)40-21(14-43)33(53)54-6/h15-21,24-26,43-44H,7-14,34,36H2,1-6H3,(H2,35,45)(H,37,48)(H,38,50)(H,39,47)(H,40,52)(H,41,49)(H,42,51)(H,46,55)/t17-,18+,19+,20+,21+,24+,25+,26+/m1/s1. The Morgan fingerprint density at radius 1 is 0.655 bits per heavy atom. The highest BCUT2D eigenvalue weighted by atomic mass is 32.1. The summed E-state index contributed by atoms with van der Waals surface area (Å²) in [6, 6.07) is -9.92. The van der Waals surface area contributed by atoms with Crippen LogP contribution in [-0.4, -0.2) is 131 Å². The summed E-state index contributed by atoms with van der Waals surface area (Å²) in [5.74, 6) is -8.28. The summed E-state index contributed by atoms with van der Waals surface area (Å²) in [5, 5.41) is 33.1. The number of methoxy groups -OCH3 is 1. The van der Waals surface area contributed by atoms with Gasteiger partial charge in [0.05, 0.1) is 25.9 Å². The number of ether oxygens (including phenoxy) is 1. The molecule has 55 heavy (non-hydrogen) atoms. The van der Waals surface area contributed by atoms with Gasteiger partial charge in [0.15, 0.2) is 11.2 Å². The molecule has 314 valence electrons. The van der Waals surface area contributed by atoms with Crippen LogP contribution in [0.15, 0.2) is 0 Å². The largest absolute Gasteiger partial charge is 0.467 e. The van der Waals surface area contributed by atoms with Crippen molar-refractivity contribution < 1.29 is 58.1 Å². The third-order valence-electron chi connectivity index (χ3n) is 8.22. The number of carbonyl (C=O) groups excluding carboxylic acids is 9. The Kier molecular flexibility index (Phi) is 23.6. The second kappa shape index (κ2) is 25.7. The topological polar surface area (TPSA) is 354 Å². The third-order valence-corrected chi connectivity index (χ3v) is 8.40. The van der Waals surface area contributed by atoms with E-state index < -0.39 is 120 Å². The van der Waals surface area contributed by atoms with Crippen molar-refractivity contribution in [2.75, 3.05) is 20.3 Å². The Morgan fingerprint density at radius 2 is 1.13 bits per heavy atom. The molecule has 0 aliphatic heterocycles. The first-order valence-corrected chi connectivity index (χ1v) is 18.2. The van der Waals surface area contributed by atoms with Gasteiger partial charge in [-0.3, -0.25) is 38.4 Å². The summed E-state index contributed by atoms with van der Waals surface area (Å²) in [7, 11) is 1.02. The average Bonchev–Trinajstić information content (AvgIpc) is 3.10. The predicted molar refractivity (Wildman–Crippen MR) is 200 cm³/mol.